The number of rotatable bonds is 8. The van der Waals surface area contributed by atoms with Crippen LogP contribution in [0.4, 0.5) is 0 Å². The fourth-order valence-electron chi connectivity index (χ4n) is 9.62. The lowest BCUT2D eigenvalue weighted by Gasteiger charge is -2.59. The summed E-state index contributed by atoms with van der Waals surface area (Å²) in [7, 11) is -44.1. The summed E-state index contributed by atoms with van der Waals surface area (Å²) in [5.74, 6) is 0. The lowest BCUT2D eigenvalue weighted by Crippen LogP contribution is -2.92. The summed E-state index contributed by atoms with van der Waals surface area (Å²) in [4.78, 5) is 0. The van der Waals surface area contributed by atoms with E-state index in [0.717, 1.165) is 0 Å². The van der Waals surface area contributed by atoms with E-state index in [4.69, 9.17) is 57.6 Å². The topological polar surface area (TPSA) is 129 Å². The van der Waals surface area contributed by atoms with E-state index < -0.39 is 89.0 Å². The van der Waals surface area contributed by atoms with Crippen molar-refractivity contribution in [2.24, 2.45) is 0 Å². The van der Waals surface area contributed by atoms with Crippen LogP contribution in [-0.2, 0) is 57.6 Å². The Morgan fingerprint density at radius 1 is 0.189 bits per heavy atom. The highest BCUT2D eigenvalue weighted by molar-refractivity contribution is 7.11. The van der Waals surface area contributed by atoms with E-state index in [0.29, 0.717) is 41.5 Å². The highest BCUT2D eigenvalue weighted by Gasteiger charge is 2.82. The second-order valence-electron chi connectivity index (χ2n) is 17.8. The predicted molar refractivity (Wildman–Crippen MR) is 293 cm³/mol. The SMILES string of the molecule is C[Si]1O[Si]2(c3ccccc3)O[Si]3(c4ccccc4)O[Si](C)O[Si]4(c5ccccc5)O[Si](c5ccccc5)(O1)O[Si]1(c5ccccc5)O[Si](c5ccccc5)(O4)O[Si](c4ccccc4)(O3)O[Si](c3ccccc3)(O2)O1. The Bertz CT molecular complexity index is 2820. The fourth-order valence-corrected chi connectivity index (χ4v) is 60.0. The van der Waals surface area contributed by atoms with Gasteiger partial charge in [-0.15, -0.1) is 0 Å². The summed E-state index contributed by atoms with van der Waals surface area (Å²) >= 11 is 0. The lowest BCUT2D eigenvalue weighted by molar-refractivity contribution is 0.0283. The Hall–Kier alpha value is -4.63. The quantitative estimate of drug-likeness (QED) is 0.207. The molecule has 0 saturated carbocycles. The zero-order valence-electron chi connectivity index (χ0n) is 39.8. The molecule has 74 heavy (non-hydrogen) atoms. The molecule has 8 bridgehead atoms. The van der Waals surface area contributed by atoms with E-state index in [-0.39, 0.29) is 0 Å². The lowest BCUT2D eigenvalue weighted by atomic mass is 10.4. The molecule has 24 heteroatoms. The minimum atomic E-state index is -4.93. The Morgan fingerprint density at radius 2 is 0.311 bits per heavy atom. The molecule has 0 aromatic heterocycles. The van der Waals surface area contributed by atoms with E-state index in [9.17, 15) is 0 Å². The van der Waals surface area contributed by atoms with Gasteiger partial charge in [-0.05, 0) is 13.1 Å². The summed E-state index contributed by atoms with van der Waals surface area (Å²) < 4.78 is 113. The molecule has 4 unspecified atom stereocenters. The van der Waals surface area contributed by atoms with Crippen molar-refractivity contribution >= 4 is 130 Å². The average Bonchev–Trinajstić information content (AvgIpc) is 3.46. The van der Waals surface area contributed by atoms with Crippen LogP contribution in [0.3, 0.4) is 0 Å². The van der Waals surface area contributed by atoms with Gasteiger partial charge in [-0.1, -0.05) is 243 Å². The minimum absolute atomic E-state index is 0.532. The molecule has 5 fully saturated rings. The largest absolute Gasteiger partial charge is 0.515 e. The van der Waals surface area contributed by atoms with E-state index >= 15 is 0 Å². The van der Waals surface area contributed by atoms with Crippen molar-refractivity contribution in [3.8, 4) is 0 Å². The molecule has 5 aliphatic rings. The maximum absolute atomic E-state index is 8.31. The van der Waals surface area contributed by atoms with Crippen molar-refractivity contribution in [2.75, 3.05) is 0 Å². The Morgan fingerprint density at radius 3 is 0.473 bits per heavy atom. The highest BCUT2D eigenvalue weighted by atomic mass is 28.6. The van der Waals surface area contributed by atoms with Gasteiger partial charge in [-0.2, -0.15) is 0 Å². The molecule has 4 atom stereocenters. The van der Waals surface area contributed by atoms with Crippen molar-refractivity contribution in [2.45, 2.75) is 13.1 Å². The third-order valence-electron chi connectivity index (χ3n) is 12.8. The number of fused-ring (bicyclic) bond motifs is 4. The highest BCUT2D eigenvalue weighted by Crippen LogP contribution is 2.45. The summed E-state index contributed by atoms with van der Waals surface area (Å²) in [6.07, 6.45) is 0. The van der Waals surface area contributed by atoms with E-state index in [1.54, 1.807) is 0 Å². The second kappa shape index (κ2) is 19.1. The van der Waals surface area contributed by atoms with Crippen molar-refractivity contribution in [1.29, 1.82) is 0 Å². The van der Waals surface area contributed by atoms with Gasteiger partial charge in [0.05, 0.1) is 0 Å². The van der Waals surface area contributed by atoms with Gasteiger partial charge < -0.3 is 57.6 Å². The van der Waals surface area contributed by atoms with Crippen LogP contribution in [0.2, 0.25) is 13.1 Å². The van der Waals surface area contributed by atoms with Gasteiger partial charge in [-0.25, -0.2) is 0 Å². The molecule has 2 radical (unpaired) electrons. The monoisotopic (exact) mass is 1150 g/mol. The first-order chi connectivity index (χ1) is 36.1. The van der Waals surface area contributed by atoms with Gasteiger partial charge in [-0.3, -0.25) is 0 Å². The van der Waals surface area contributed by atoms with Crippen LogP contribution in [0.15, 0.2) is 243 Å². The second-order valence-corrected chi connectivity index (χ2v) is 44.7. The van der Waals surface area contributed by atoms with Crippen molar-refractivity contribution in [3.05, 3.63) is 243 Å². The molecule has 0 amide bonds. The Labute approximate surface area is 441 Å². The smallest absolute Gasteiger partial charge is 0.390 e. The Kier molecular flexibility index (Phi) is 12.7. The minimum Gasteiger partial charge on any atom is -0.390 e. The molecule has 0 aliphatic carbocycles. The summed E-state index contributed by atoms with van der Waals surface area (Å²) in [6.45, 7) is 3.78. The van der Waals surface area contributed by atoms with E-state index in [1.165, 1.54) is 0 Å². The molecule has 13 rings (SSSR count). The first-order valence-electron chi connectivity index (χ1n) is 24.0. The van der Waals surface area contributed by atoms with Crippen LogP contribution in [0.5, 0.6) is 0 Å². The van der Waals surface area contributed by atoms with E-state index in [2.05, 4.69) is 0 Å². The van der Waals surface area contributed by atoms with Gasteiger partial charge in [0.25, 0.3) is 0 Å². The van der Waals surface area contributed by atoms with Crippen LogP contribution in [0, 0.1) is 0 Å². The van der Waals surface area contributed by atoms with Crippen molar-refractivity contribution in [1.82, 2.24) is 0 Å². The van der Waals surface area contributed by atoms with Crippen LogP contribution in [0.1, 0.15) is 0 Å². The van der Waals surface area contributed by atoms with Crippen LogP contribution in [0.25, 0.3) is 0 Å². The normalized spacial score (nSPS) is 33.1. The van der Waals surface area contributed by atoms with Gasteiger partial charge >= 0.3 is 89.0 Å². The average molecular weight is 1150 g/mol. The first kappa shape index (κ1) is 49.0. The molecule has 0 spiro atoms. The number of hydrogen-bond acceptors (Lipinski definition) is 14. The zero-order valence-corrected chi connectivity index (χ0v) is 49.8. The Balaban J connectivity index is 1.27. The molecular formula is C50H46O14Si10. The molecule has 0 N–H and O–H groups in total. The predicted octanol–water partition coefficient (Wildman–Crippen LogP) is 3.29. The zero-order chi connectivity index (χ0) is 50.0. The molecule has 5 aliphatic heterocycles. The van der Waals surface area contributed by atoms with Gasteiger partial charge in [0.2, 0.25) is 0 Å². The number of hydrogen-bond donors (Lipinski definition) is 0. The standard InChI is InChI=1S/C50H46O14Si10/c1-65-51-67(43-27-11-3-12-28-43)55-69(45-31-15-5-16-32-45)53-66(2)54-70(46-33-17-6-18-34-46)56-68(52-65,44-29-13-4-14-30-44)58-72(48-37-21-8-22-38-48)61-71(57-67,47-35-19-7-20-36-47)63-73(59-69,49-39-23-9-24-40-49)62-74(60-70,64-72)50-41-25-10-26-42-50/h3-42H,1-2H3. The molecule has 370 valence electrons. The van der Waals surface area contributed by atoms with Crippen molar-refractivity contribution in [3.63, 3.8) is 0 Å². The van der Waals surface area contributed by atoms with Crippen LogP contribution >= 0.6 is 0 Å². The summed E-state index contributed by atoms with van der Waals surface area (Å²) in [5.41, 5.74) is 0. The number of benzene rings is 8. The summed E-state index contributed by atoms with van der Waals surface area (Å²) in [5, 5.41) is 4.41. The maximum Gasteiger partial charge on any atom is 0.515 e. The van der Waals surface area contributed by atoms with E-state index in [1.807, 2.05) is 256 Å². The molecular weight excluding hydrogens is 1110 g/mol. The van der Waals surface area contributed by atoms with Gasteiger partial charge in [0.1, 0.15) is 0 Å². The maximum atomic E-state index is 8.31. The first-order valence-corrected chi connectivity index (χ1v) is 41.4. The van der Waals surface area contributed by atoms with Crippen LogP contribution < -0.4 is 41.5 Å². The molecule has 5 saturated heterocycles. The summed E-state index contributed by atoms with van der Waals surface area (Å²) in [6, 6.07) is 76.9. The van der Waals surface area contributed by atoms with Crippen molar-refractivity contribution < 1.29 is 57.6 Å². The van der Waals surface area contributed by atoms with Crippen LogP contribution in [-0.4, -0.2) is 89.0 Å². The molecule has 8 aromatic rings. The third-order valence-corrected chi connectivity index (χ3v) is 51.5. The molecule has 14 nitrogen and oxygen atoms in total. The third kappa shape index (κ3) is 8.45. The van der Waals surface area contributed by atoms with Gasteiger partial charge in [0.15, 0.2) is 0 Å². The fraction of sp³-hybridized carbons (Fsp3) is 0.0400. The van der Waals surface area contributed by atoms with Gasteiger partial charge in [0, 0.05) is 41.5 Å². The molecule has 8 aromatic carbocycles. The molecule has 5 heterocycles.